The number of halogens is 1. The molecule has 0 aliphatic carbocycles. The number of ether oxygens (including phenoxy) is 1. The van der Waals surface area contributed by atoms with Crippen LogP contribution >= 0.6 is 0 Å². The summed E-state index contributed by atoms with van der Waals surface area (Å²) >= 11 is 0. The molecule has 1 fully saturated rings. The molecular weight excluding hydrogens is 267 g/mol. The largest absolute Gasteiger partial charge is 0.371 e. The van der Waals surface area contributed by atoms with Crippen LogP contribution in [0.2, 0.25) is 0 Å². The van der Waals surface area contributed by atoms with Gasteiger partial charge in [-0.1, -0.05) is 18.2 Å². The molecule has 0 saturated carbocycles. The minimum absolute atomic E-state index is 0.0635. The van der Waals surface area contributed by atoms with Crippen molar-refractivity contribution in [3.8, 4) is 0 Å². The number of morpholine rings is 1. The van der Waals surface area contributed by atoms with E-state index in [0.717, 1.165) is 30.9 Å². The summed E-state index contributed by atoms with van der Waals surface area (Å²) in [5.41, 5.74) is 3.20. The van der Waals surface area contributed by atoms with Gasteiger partial charge in [0.1, 0.15) is 5.82 Å². The predicted octanol–water partition coefficient (Wildman–Crippen LogP) is 3.10. The van der Waals surface area contributed by atoms with Crippen molar-refractivity contribution >= 4 is 0 Å². The number of hydrogen-bond donors (Lipinski definition) is 0. The molecule has 110 valence electrons. The Morgan fingerprint density at radius 2 is 2.24 bits per heavy atom. The molecule has 2 aromatic rings. The molecule has 21 heavy (non-hydrogen) atoms. The van der Waals surface area contributed by atoms with Crippen molar-refractivity contribution in [2.45, 2.75) is 19.6 Å². The molecule has 1 saturated heterocycles. The Morgan fingerprint density at radius 1 is 1.33 bits per heavy atom. The van der Waals surface area contributed by atoms with Crippen molar-refractivity contribution in [3.05, 3.63) is 65.2 Å². The van der Waals surface area contributed by atoms with Gasteiger partial charge in [0.25, 0.3) is 0 Å². The number of rotatable bonds is 3. The third-order valence-corrected chi connectivity index (χ3v) is 3.88. The third-order valence-electron chi connectivity index (χ3n) is 3.88. The molecular formula is C17H19FN2O. The van der Waals surface area contributed by atoms with Gasteiger partial charge in [-0.05, 0) is 36.2 Å². The maximum Gasteiger partial charge on any atom is 0.123 e. The predicted molar refractivity (Wildman–Crippen MR) is 79.3 cm³/mol. The zero-order valence-corrected chi connectivity index (χ0v) is 12.1. The quantitative estimate of drug-likeness (QED) is 0.867. The van der Waals surface area contributed by atoms with Crippen LogP contribution in [-0.4, -0.2) is 29.6 Å². The summed E-state index contributed by atoms with van der Waals surface area (Å²) in [6.45, 7) is 5.22. The zero-order valence-electron chi connectivity index (χ0n) is 12.1. The summed E-state index contributed by atoms with van der Waals surface area (Å²) in [4.78, 5) is 6.66. The molecule has 0 bridgehead atoms. The Labute approximate surface area is 124 Å². The lowest BCUT2D eigenvalue weighted by atomic mass is 10.1. The lowest BCUT2D eigenvalue weighted by Gasteiger charge is -2.33. The number of aromatic nitrogens is 1. The highest BCUT2D eigenvalue weighted by Crippen LogP contribution is 2.24. The topological polar surface area (TPSA) is 25.4 Å². The first-order chi connectivity index (χ1) is 10.2. The van der Waals surface area contributed by atoms with E-state index in [-0.39, 0.29) is 11.9 Å². The highest BCUT2D eigenvalue weighted by molar-refractivity contribution is 5.21. The molecule has 3 rings (SSSR count). The molecule has 4 heteroatoms. The van der Waals surface area contributed by atoms with Crippen LogP contribution in [0, 0.1) is 12.7 Å². The van der Waals surface area contributed by atoms with E-state index in [0.29, 0.717) is 6.61 Å². The Bertz CT molecular complexity index is 617. The van der Waals surface area contributed by atoms with E-state index in [4.69, 9.17) is 4.74 Å². The van der Waals surface area contributed by atoms with Crippen molar-refractivity contribution in [1.29, 1.82) is 0 Å². The smallest absolute Gasteiger partial charge is 0.123 e. The van der Waals surface area contributed by atoms with E-state index in [2.05, 4.69) is 16.0 Å². The van der Waals surface area contributed by atoms with E-state index in [1.807, 2.05) is 25.3 Å². The highest BCUT2D eigenvalue weighted by atomic mass is 19.1. The maximum absolute atomic E-state index is 13.3. The van der Waals surface area contributed by atoms with E-state index >= 15 is 0 Å². The van der Waals surface area contributed by atoms with E-state index in [1.54, 1.807) is 12.1 Å². The molecule has 0 spiro atoms. The molecule has 3 nitrogen and oxygen atoms in total. The fraction of sp³-hybridized carbons (Fsp3) is 0.353. The number of benzene rings is 1. The molecule has 0 radical (unpaired) electrons. The van der Waals surface area contributed by atoms with Gasteiger partial charge in [-0.3, -0.25) is 9.88 Å². The molecule has 1 aliphatic heterocycles. The Balaban J connectivity index is 1.70. The number of pyridine rings is 1. The second-order valence-electron chi connectivity index (χ2n) is 5.40. The van der Waals surface area contributed by atoms with Crippen molar-refractivity contribution in [1.82, 2.24) is 9.88 Å². The van der Waals surface area contributed by atoms with Crippen LogP contribution in [0.1, 0.15) is 22.9 Å². The first kappa shape index (κ1) is 14.2. The van der Waals surface area contributed by atoms with Crippen LogP contribution in [0.5, 0.6) is 0 Å². The average molecular weight is 286 g/mol. The molecule has 1 aromatic heterocycles. The molecule has 0 N–H and O–H groups in total. The summed E-state index contributed by atoms with van der Waals surface area (Å²) in [7, 11) is 0. The molecule has 0 amide bonds. The SMILES string of the molecule is Cc1ncccc1CN1CCOC(c2cccc(F)c2)C1. The van der Waals surface area contributed by atoms with Crippen LogP contribution in [0.15, 0.2) is 42.6 Å². The number of aryl methyl sites for hydroxylation is 1. The Morgan fingerprint density at radius 3 is 3.05 bits per heavy atom. The van der Waals surface area contributed by atoms with Crippen molar-refractivity contribution in [2.75, 3.05) is 19.7 Å². The van der Waals surface area contributed by atoms with Crippen LogP contribution in [0.4, 0.5) is 4.39 Å². The van der Waals surface area contributed by atoms with Gasteiger partial charge < -0.3 is 4.74 Å². The van der Waals surface area contributed by atoms with E-state index in [1.165, 1.54) is 11.6 Å². The van der Waals surface area contributed by atoms with Gasteiger partial charge in [-0.15, -0.1) is 0 Å². The van der Waals surface area contributed by atoms with Gasteiger partial charge in [0, 0.05) is 31.5 Å². The van der Waals surface area contributed by atoms with Crippen LogP contribution in [0.25, 0.3) is 0 Å². The van der Waals surface area contributed by atoms with Crippen molar-refractivity contribution < 1.29 is 9.13 Å². The minimum atomic E-state index is -0.212. The lowest BCUT2D eigenvalue weighted by Crippen LogP contribution is -2.38. The van der Waals surface area contributed by atoms with Crippen molar-refractivity contribution in [2.24, 2.45) is 0 Å². The summed E-state index contributed by atoms with van der Waals surface area (Å²) in [6, 6.07) is 10.7. The van der Waals surface area contributed by atoms with Gasteiger partial charge >= 0.3 is 0 Å². The third kappa shape index (κ3) is 3.46. The second-order valence-corrected chi connectivity index (χ2v) is 5.40. The van der Waals surface area contributed by atoms with Crippen molar-refractivity contribution in [3.63, 3.8) is 0 Å². The fourth-order valence-corrected chi connectivity index (χ4v) is 2.68. The molecule has 1 aromatic carbocycles. The number of nitrogens with zero attached hydrogens (tertiary/aromatic N) is 2. The first-order valence-corrected chi connectivity index (χ1v) is 7.22. The van der Waals surface area contributed by atoms with E-state index < -0.39 is 0 Å². The van der Waals surface area contributed by atoms with E-state index in [9.17, 15) is 4.39 Å². The van der Waals surface area contributed by atoms with Crippen LogP contribution in [0.3, 0.4) is 0 Å². The summed E-state index contributed by atoms with van der Waals surface area (Å²) in [6.07, 6.45) is 1.75. The Hall–Kier alpha value is -1.78. The lowest BCUT2D eigenvalue weighted by molar-refractivity contribution is -0.0331. The first-order valence-electron chi connectivity index (χ1n) is 7.22. The standard InChI is InChI=1S/C17H19FN2O/c1-13-15(5-3-7-19-13)11-20-8-9-21-17(12-20)14-4-2-6-16(18)10-14/h2-7,10,17H,8-9,11-12H2,1H3. The van der Waals surface area contributed by atoms with Gasteiger partial charge in [-0.25, -0.2) is 4.39 Å². The van der Waals surface area contributed by atoms with Gasteiger partial charge in [0.15, 0.2) is 0 Å². The normalized spacial score (nSPS) is 19.6. The summed E-state index contributed by atoms with van der Waals surface area (Å²) < 4.78 is 19.1. The van der Waals surface area contributed by atoms with Crippen LogP contribution in [-0.2, 0) is 11.3 Å². The van der Waals surface area contributed by atoms with Gasteiger partial charge in [-0.2, -0.15) is 0 Å². The van der Waals surface area contributed by atoms with Crippen LogP contribution < -0.4 is 0 Å². The second kappa shape index (κ2) is 6.33. The molecule has 1 unspecified atom stereocenters. The minimum Gasteiger partial charge on any atom is -0.371 e. The average Bonchev–Trinajstić information content (AvgIpc) is 2.50. The zero-order chi connectivity index (χ0) is 14.7. The Kier molecular flexibility index (Phi) is 4.27. The fourth-order valence-electron chi connectivity index (χ4n) is 2.68. The highest BCUT2D eigenvalue weighted by Gasteiger charge is 2.22. The number of hydrogen-bond acceptors (Lipinski definition) is 3. The summed E-state index contributed by atoms with van der Waals surface area (Å²) in [5, 5.41) is 0. The molecule has 1 aliphatic rings. The van der Waals surface area contributed by atoms with Gasteiger partial charge in [0.05, 0.1) is 12.7 Å². The molecule has 2 heterocycles. The molecule has 1 atom stereocenters. The van der Waals surface area contributed by atoms with Gasteiger partial charge in [0.2, 0.25) is 0 Å². The summed E-state index contributed by atoms with van der Waals surface area (Å²) in [5.74, 6) is -0.212. The monoisotopic (exact) mass is 286 g/mol. The maximum atomic E-state index is 13.3.